The Morgan fingerprint density at radius 1 is 0.889 bits per heavy atom. The average molecular weight is 777 g/mol. The Morgan fingerprint density at radius 2 is 1.57 bits per heavy atom. The number of hydrogen-bond acceptors (Lipinski definition) is 11. The Morgan fingerprint density at radius 3 is 2.22 bits per heavy atom. The molecule has 1 saturated heterocycles. The van der Waals surface area contributed by atoms with Gasteiger partial charge in [-0.15, -0.1) is 0 Å². The number of oxazole rings is 1. The van der Waals surface area contributed by atoms with E-state index in [1.165, 1.54) is 0 Å². The average Bonchev–Trinajstić information content (AvgIpc) is 3.47. The smallest absolute Gasteiger partial charge is 0.299 e. The number of anilines is 2. The molecule has 0 bridgehead atoms. The number of methoxy groups -OCH3 is 4. The normalized spacial score (nSPS) is 17.2. The van der Waals surface area contributed by atoms with Crippen molar-refractivity contribution in [3.63, 3.8) is 0 Å². The second-order valence-corrected chi connectivity index (χ2v) is 14.1. The van der Waals surface area contributed by atoms with Crippen LogP contribution in [0.5, 0.6) is 23.0 Å². The van der Waals surface area contributed by atoms with E-state index in [-0.39, 0.29) is 11.9 Å². The third kappa shape index (κ3) is 7.55. The molecule has 2 aliphatic rings. The van der Waals surface area contributed by atoms with Gasteiger partial charge in [0.25, 0.3) is 11.9 Å². The number of halogens is 2. The molecular weight excluding hydrogens is 733 g/mol. The van der Waals surface area contributed by atoms with Gasteiger partial charge >= 0.3 is 0 Å². The highest BCUT2D eigenvalue weighted by Gasteiger charge is 2.35. The van der Waals surface area contributed by atoms with Crippen LogP contribution in [0.1, 0.15) is 41.6 Å². The lowest BCUT2D eigenvalue weighted by Gasteiger charge is -2.37. The summed E-state index contributed by atoms with van der Waals surface area (Å²) in [5.74, 6) is 2.67. The molecule has 2 atom stereocenters. The van der Waals surface area contributed by atoms with Gasteiger partial charge in [0.2, 0.25) is 0 Å². The Balaban J connectivity index is 1.15. The summed E-state index contributed by atoms with van der Waals surface area (Å²) in [4.78, 5) is 29.5. The maximum Gasteiger partial charge on any atom is 0.299 e. The minimum absolute atomic E-state index is 0.0436. The van der Waals surface area contributed by atoms with Crippen LogP contribution in [-0.4, -0.2) is 81.6 Å². The van der Waals surface area contributed by atoms with Crippen molar-refractivity contribution in [2.45, 2.75) is 45.0 Å². The molecule has 1 fully saturated rings. The lowest BCUT2D eigenvalue weighted by Crippen LogP contribution is -2.45. The van der Waals surface area contributed by atoms with Crippen molar-refractivity contribution >= 4 is 51.9 Å². The van der Waals surface area contributed by atoms with E-state index >= 15 is 0 Å². The number of hydrogen-bond donors (Lipinski definition) is 0. The van der Waals surface area contributed by atoms with Gasteiger partial charge < -0.3 is 42.8 Å². The van der Waals surface area contributed by atoms with Crippen molar-refractivity contribution in [1.82, 2.24) is 14.9 Å². The zero-order valence-electron chi connectivity index (χ0n) is 30.9. The number of aromatic nitrogens is 2. The van der Waals surface area contributed by atoms with Crippen LogP contribution in [0, 0.1) is 0 Å². The van der Waals surface area contributed by atoms with Crippen molar-refractivity contribution < 1.29 is 32.9 Å². The fourth-order valence-electron chi connectivity index (χ4n) is 7.35. The number of rotatable bonds is 11. The highest BCUT2D eigenvalue weighted by atomic mass is 35.5. The molecule has 54 heavy (non-hydrogen) atoms. The van der Waals surface area contributed by atoms with Crippen LogP contribution in [0.4, 0.5) is 11.7 Å². The number of benzene rings is 3. The van der Waals surface area contributed by atoms with Gasteiger partial charge in [0.05, 0.1) is 66.6 Å². The molecule has 12 nitrogen and oxygen atoms in total. The van der Waals surface area contributed by atoms with Crippen molar-refractivity contribution in [2.24, 2.45) is 0 Å². The van der Waals surface area contributed by atoms with E-state index in [1.54, 1.807) is 46.9 Å². The first kappa shape index (κ1) is 37.4. The molecule has 1 amide bonds. The standard InChI is InChI=1S/C40H43Cl2N5O7/c1-24-37-25(16-28(41)17-31(37)42)10-13-47(24)39(48)34-11-12-45(14-15-53-34)33-21-43-20-32-38(33)54-40(44-32)46(22-26-6-8-29(49-2)18-35(26)51-4)23-27-7-9-30(50-3)19-36(27)52-5/h6-9,16-21,24,34H,10-15,22-23H2,1-5H3/t24-,34?/m0/s1. The molecule has 5 aromatic rings. The molecule has 7 rings (SSSR count). The van der Waals surface area contributed by atoms with Crippen molar-refractivity contribution in [3.05, 3.63) is 93.2 Å². The molecule has 4 heterocycles. The predicted octanol–water partition coefficient (Wildman–Crippen LogP) is 7.51. The molecule has 284 valence electrons. The highest BCUT2D eigenvalue weighted by molar-refractivity contribution is 6.35. The third-order valence-electron chi connectivity index (χ3n) is 10.2. The summed E-state index contributed by atoms with van der Waals surface area (Å²) in [5.41, 5.74) is 5.80. The molecule has 14 heteroatoms. The van der Waals surface area contributed by atoms with Gasteiger partial charge in [-0.2, -0.15) is 4.98 Å². The Kier molecular flexibility index (Phi) is 11.2. The summed E-state index contributed by atoms with van der Waals surface area (Å²) in [7, 11) is 6.51. The monoisotopic (exact) mass is 775 g/mol. The Bertz CT molecular complexity index is 2090. The molecule has 1 unspecified atom stereocenters. The van der Waals surface area contributed by atoms with Gasteiger partial charge in [0.1, 0.15) is 40.3 Å². The summed E-state index contributed by atoms with van der Waals surface area (Å²) < 4.78 is 35.2. The number of amides is 1. The number of carbonyl (C=O) groups excluding carboxylic acids is 1. The van der Waals surface area contributed by atoms with Gasteiger partial charge in [0.15, 0.2) is 5.58 Å². The Labute approximate surface area is 324 Å². The van der Waals surface area contributed by atoms with Gasteiger partial charge in [-0.05, 0) is 60.9 Å². The van der Waals surface area contributed by atoms with E-state index in [0.29, 0.717) is 102 Å². The van der Waals surface area contributed by atoms with Crippen LogP contribution < -0.4 is 28.7 Å². The van der Waals surface area contributed by atoms with Crippen LogP contribution in [0.2, 0.25) is 10.0 Å². The lowest BCUT2D eigenvalue weighted by atomic mass is 9.93. The molecule has 0 spiro atoms. The summed E-state index contributed by atoms with van der Waals surface area (Å²) in [6.45, 7) is 4.82. The van der Waals surface area contributed by atoms with E-state index in [4.69, 9.17) is 56.3 Å². The minimum atomic E-state index is -0.600. The third-order valence-corrected chi connectivity index (χ3v) is 10.7. The number of pyridine rings is 1. The minimum Gasteiger partial charge on any atom is -0.497 e. The van der Waals surface area contributed by atoms with E-state index in [9.17, 15) is 4.79 Å². The summed E-state index contributed by atoms with van der Waals surface area (Å²) in [6, 6.07) is 15.3. The molecule has 0 aliphatic carbocycles. The first-order chi connectivity index (χ1) is 26.2. The van der Waals surface area contributed by atoms with E-state index in [0.717, 1.165) is 27.9 Å². The van der Waals surface area contributed by atoms with Gasteiger partial charge in [-0.1, -0.05) is 23.2 Å². The Hall–Kier alpha value is -4.91. The fraction of sp³-hybridized carbons (Fsp3) is 0.375. The second-order valence-electron chi connectivity index (χ2n) is 13.3. The molecule has 3 aromatic carbocycles. The van der Waals surface area contributed by atoms with Crippen LogP contribution in [-0.2, 0) is 29.0 Å². The first-order valence-corrected chi connectivity index (χ1v) is 18.5. The van der Waals surface area contributed by atoms with E-state index in [2.05, 4.69) is 9.88 Å². The van der Waals surface area contributed by atoms with Crippen molar-refractivity contribution in [2.75, 3.05) is 64.5 Å². The molecule has 0 radical (unpaired) electrons. The molecular formula is C40H43Cl2N5O7. The maximum absolute atomic E-state index is 13.9. The van der Waals surface area contributed by atoms with Gasteiger partial charge in [0, 0.05) is 59.4 Å². The predicted molar refractivity (Wildman–Crippen MR) is 208 cm³/mol. The largest absolute Gasteiger partial charge is 0.497 e. The van der Waals surface area contributed by atoms with Gasteiger partial charge in [-0.25, -0.2) is 0 Å². The van der Waals surface area contributed by atoms with Crippen molar-refractivity contribution in [3.8, 4) is 23.0 Å². The number of fused-ring (bicyclic) bond motifs is 2. The zero-order valence-corrected chi connectivity index (χ0v) is 32.4. The molecule has 0 N–H and O–H groups in total. The summed E-state index contributed by atoms with van der Waals surface area (Å²) in [5, 5.41) is 1.18. The lowest BCUT2D eigenvalue weighted by molar-refractivity contribution is -0.146. The zero-order chi connectivity index (χ0) is 37.9. The highest BCUT2D eigenvalue weighted by Crippen LogP contribution is 2.39. The van der Waals surface area contributed by atoms with E-state index in [1.807, 2.05) is 59.2 Å². The molecule has 2 aliphatic heterocycles. The summed E-state index contributed by atoms with van der Waals surface area (Å²) in [6.07, 6.45) is 4.04. The van der Waals surface area contributed by atoms with Crippen LogP contribution in [0.3, 0.4) is 0 Å². The first-order valence-electron chi connectivity index (χ1n) is 17.8. The second kappa shape index (κ2) is 16.2. The van der Waals surface area contributed by atoms with Crippen LogP contribution in [0.25, 0.3) is 11.1 Å². The number of ether oxygens (including phenoxy) is 5. The SMILES string of the molecule is COc1ccc(CN(Cc2ccc(OC)cc2OC)c2nc3cncc(N4CCOC(C(=O)N5CCc6cc(Cl)cc(Cl)c6[C@@H]5C)CC4)c3o2)c(OC)c1. The number of carbonyl (C=O) groups is 1. The quantitative estimate of drug-likeness (QED) is 0.133. The van der Waals surface area contributed by atoms with Crippen molar-refractivity contribution in [1.29, 1.82) is 0 Å². The van der Waals surface area contributed by atoms with Crippen LogP contribution >= 0.6 is 23.2 Å². The van der Waals surface area contributed by atoms with Crippen LogP contribution in [0.15, 0.2) is 65.3 Å². The molecule has 2 aromatic heterocycles. The fourth-order valence-corrected chi connectivity index (χ4v) is 8.05. The van der Waals surface area contributed by atoms with Gasteiger partial charge in [-0.3, -0.25) is 9.78 Å². The topological polar surface area (TPSA) is 112 Å². The maximum atomic E-state index is 13.9. The molecule has 0 saturated carbocycles. The summed E-state index contributed by atoms with van der Waals surface area (Å²) >= 11 is 12.9. The van der Waals surface area contributed by atoms with E-state index < -0.39 is 6.10 Å². The number of nitrogens with zero attached hydrogens (tertiary/aromatic N) is 5.